The van der Waals surface area contributed by atoms with Gasteiger partial charge in [-0.15, -0.1) is 0 Å². The van der Waals surface area contributed by atoms with Gasteiger partial charge in [0.05, 0.1) is 24.3 Å². The number of anilines is 1. The normalized spacial score (nSPS) is 25.9. The van der Waals surface area contributed by atoms with Gasteiger partial charge in [0.25, 0.3) is 0 Å². The minimum atomic E-state index is -4.47. The number of nitrogens with zero attached hydrogens (tertiary/aromatic N) is 2. The lowest BCUT2D eigenvalue weighted by Gasteiger charge is -2.39. The Bertz CT molecular complexity index is 919. The van der Waals surface area contributed by atoms with Crippen LogP contribution in [0.2, 0.25) is 0 Å². The first-order valence-corrected chi connectivity index (χ1v) is 9.17. The van der Waals surface area contributed by atoms with Gasteiger partial charge < -0.3 is 15.0 Å². The summed E-state index contributed by atoms with van der Waals surface area (Å²) in [6, 6.07) is 6.38. The maximum atomic E-state index is 14.4. The number of hydrogen-bond acceptors (Lipinski definition) is 4. The fraction of sp³-hybridized carbons (Fsp3) is 0.400. The first kappa shape index (κ1) is 19.5. The van der Waals surface area contributed by atoms with E-state index in [2.05, 4.69) is 10.3 Å². The number of aromatic nitrogens is 1. The second-order valence-corrected chi connectivity index (χ2v) is 7.31. The highest BCUT2D eigenvalue weighted by molar-refractivity contribution is 5.59. The van der Waals surface area contributed by atoms with E-state index in [-0.39, 0.29) is 23.7 Å². The van der Waals surface area contributed by atoms with Crippen molar-refractivity contribution in [3.63, 3.8) is 0 Å². The molecule has 1 aromatic heterocycles. The predicted octanol–water partition coefficient (Wildman–Crippen LogP) is 3.95. The molecule has 0 spiro atoms. The van der Waals surface area contributed by atoms with Crippen LogP contribution in [0, 0.1) is 5.82 Å². The quantitative estimate of drug-likeness (QED) is 0.600. The van der Waals surface area contributed by atoms with Gasteiger partial charge in [-0.05, 0) is 37.5 Å². The molecule has 2 aliphatic rings. The number of carbonyl (C=O) groups excluding carboxylic acids is 1. The summed E-state index contributed by atoms with van der Waals surface area (Å²) in [5.74, 6) is -0.211. The lowest BCUT2D eigenvalue weighted by molar-refractivity contribution is -0.137. The summed E-state index contributed by atoms with van der Waals surface area (Å²) in [5, 5.41) is 3.17. The Morgan fingerprint density at radius 3 is 2.72 bits per heavy atom. The van der Waals surface area contributed by atoms with Crippen molar-refractivity contribution in [1.29, 1.82) is 0 Å². The smallest absolute Gasteiger partial charge is 0.417 e. The van der Waals surface area contributed by atoms with Gasteiger partial charge in [0.15, 0.2) is 11.6 Å². The number of nitrogens with one attached hydrogen (secondary N) is 1. The number of alkyl halides is 3. The molecule has 3 unspecified atom stereocenters. The third kappa shape index (κ3) is 2.99. The second-order valence-electron chi connectivity index (χ2n) is 7.31. The molecule has 0 saturated carbocycles. The van der Waals surface area contributed by atoms with Crippen LogP contribution in [0.15, 0.2) is 36.5 Å². The van der Waals surface area contributed by atoms with E-state index in [4.69, 9.17) is 4.74 Å². The number of benzene rings is 1. The lowest BCUT2D eigenvalue weighted by atomic mass is 9.77. The summed E-state index contributed by atoms with van der Waals surface area (Å²) in [6.45, 7) is 0. The first-order valence-electron chi connectivity index (χ1n) is 9.17. The van der Waals surface area contributed by atoms with Crippen molar-refractivity contribution in [1.82, 2.24) is 9.88 Å². The van der Waals surface area contributed by atoms with Crippen LogP contribution in [0.3, 0.4) is 0 Å². The maximum absolute atomic E-state index is 14.4. The first-order chi connectivity index (χ1) is 13.8. The van der Waals surface area contributed by atoms with Crippen LogP contribution >= 0.6 is 0 Å². The summed E-state index contributed by atoms with van der Waals surface area (Å²) in [5.41, 5.74) is -1.17. The molecule has 2 saturated heterocycles. The van der Waals surface area contributed by atoms with Gasteiger partial charge >= 0.3 is 6.18 Å². The molecule has 3 atom stereocenters. The third-order valence-electron chi connectivity index (χ3n) is 5.96. The van der Waals surface area contributed by atoms with Crippen molar-refractivity contribution in [3.05, 3.63) is 53.5 Å². The molecule has 1 amide bonds. The number of halogens is 4. The highest BCUT2D eigenvalue weighted by atomic mass is 19.4. The Balaban J connectivity index is 1.73. The van der Waals surface area contributed by atoms with Crippen molar-refractivity contribution in [2.75, 3.05) is 12.4 Å². The molecule has 5 nitrogen and oxygen atoms in total. The van der Waals surface area contributed by atoms with Gasteiger partial charge in [-0.1, -0.05) is 12.1 Å². The number of carbonyl (C=O) groups is 1. The highest BCUT2D eigenvalue weighted by Gasteiger charge is 2.60. The number of para-hydroxylation sites is 1. The molecule has 4 rings (SSSR count). The van der Waals surface area contributed by atoms with Crippen molar-refractivity contribution in [2.24, 2.45) is 0 Å². The fourth-order valence-corrected chi connectivity index (χ4v) is 4.74. The Labute approximate surface area is 164 Å². The van der Waals surface area contributed by atoms with Crippen LogP contribution in [-0.4, -0.2) is 35.5 Å². The predicted molar refractivity (Wildman–Crippen MR) is 96.8 cm³/mol. The maximum Gasteiger partial charge on any atom is 0.417 e. The lowest BCUT2D eigenvalue weighted by Crippen LogP contribution is -2.48. The molecule has 9 heteroatoms. The minimum Gasteiger partial charge on any atom is -0.493 e. The van der Waals surface area contributed by atoms with Crippen molar-refractivity contribution >= 4 is 12.2 Å². The number of ether oxygens (including phenoxy) is 1. The van der Waals surface area contributed by atoms with E-state index in [9.17, 15) is 22.4 Å². The van der Waals surface area contributed by atoms with Gasteiger partial charge in [0.1, 0.15) is 5.82 Å². The Morgan fingerprint density at radius 1 is 1.31 bits per heavy atom. The molecular formula is C20H19F4N3O2. The Morgan fingerprint density at radius 2 is 2.10 bits per heavy atom. The Kier molecular flexibility index (Phi) is 4.63. The Hall–Kier alpha value is -2.84. The minimum absolute atomic E-state index is 0.0487. The van der Waals surface area contributed by atoms with Crippen LogP contribution in [-0.2, 0) is 16.5 Å². The topological polar surface area (TPSA) is 54.5 Å². The number of pyridine rings is 1. The molecule has 29 heavy (non-hydrogen) atoms. The van der Waals surface area contributed by atoms with E-state index in [1.165, 1.54) is 19.2 Å². The van der Waals surface area contributed by atoms with E-state index in [1.807, 2.05) is 0 Å². The van der Waals surface area contributed by atoms with Gasteiger partial charge in [0.2, 0.25) is 6.41 Å². The van der Waals surface area contributed by atoms with Crippen molar-refractivity contribution < 1.29 is 27.1 Å². The van der Waals surface area contributed by atoms with Gasteiger partial charge in [-0.2, -0.15) is 13.2 Å². The average Bonchev–Trinajstić information content (AvgIpc) is 3.20. The SMILES string of the molecule is COc1c(F)cccc1C12CCC(CC1Nc1ccc(C(F)(F)F)cn1)N2C=O. The molecule has 2 aromatic rings. The standard InChI is InChI=1S/C20H19F4N3O2/c1-29-18-14(3-2-4-15(18)21)19-8-7-13(27(19)11-28)9-16(19)26-17-6-5-12(10-25-17)20(22,23)24/h2-6,10-11,13,16H,7-9H2,1H3,(H,25,26). The van der Waals surface area contributed by atoms with Crippen molar-refractivity contribution in [2.45, 2.75) is 43.1 Å². The zero-order valence-electron chi connectivity index (χ0n) is 15.5. The summed E-state index contributed by atoms with van der Waals surface area (Å²) >= 11 is 0. The number of rotatable bonds is 5. The van der Waals surface area contributed by atoms with Gasteiger partial charge in [0, 0.05) is 17.8 Å². The van der Waals surface area contributed by atoms with Crippen LogP contribution in [0.25, 0.3) is 0 Å². The molecule has 0 radical (unpaired) electrons. The van der Waals surface area contributed by atoms with Crippen LogP contribution in [0.4, 0.5) is 23.4 Å². The van der Waals surface area contributed by atoms with Crippen LogP contribution in [0.1, 0.15) is 30.4 Å². The summed E-state index contributed by atoms with van der Waals surface area (Å²) in [4.78, 5) is 17.5. The van der Waals surface area contributed by atoms with E-state index in [0.29, 0.717) is 18.4 Å². The summed E-state index contributed by atoms with van der Waals surface area (Å²) < 4.78 is 58.1. The third-order valence-corrected chi connectivity index (χ3v) is 5.96. The number of hydrogen-bond donors (Lipinski definition) is 1. The largest absolute Gasteiger partial charge is 0.493 e. The summed E-state index contributed by atoms with van der Waals surface area (Å²) in [6.07, 6.45) is -1.05. The van der Waals surface area contributed by atoms with E-state index in [0.717, 1.165) is 25.1 Å². The molecule has 1 N–H and O–H groups in total. The van der Waals surface area contributed by atoms with E-state index >= 15 is 0 Å². The molecule has 1 aromatic carbocycles. The highest BCUT2D eigenvalue weighted by Crippen LogP contribution is 2.55. The zero-order chi connectivity index (χ0) is 20.8. The summed E-state index contributed by atoms with van der Waals surface area (Å²) in [7, 11) is 1.37. The molecule has 2 fully saturated rings. The monoisotopic (exact) mass is 409 g/mol. The van der Waals surface area contributed by atoms with Crippen LogP contribution in [0.5, 0.6) is 5.75 Å². The zero-order valence-corrected chi connectivity index (χ0v) is 15.5. The average molecular weight is 409 g/mol. The second kappa shape index (κ2) is 6.89. The fourth-order valence-electron chi connectivity index (χ4n) is 4.74. The molecule has 0 aliphatic carbocycles. The number of amides is 1. The van der Waals surface area contributed by atoms with Crippen molar-refractivity contribution in [3.8, 4) is 5.75 Å². The number of methoxy groups -OCH3 is 1. The molecule has 154 valence electrons. The van der Waals surface area contributed by atoms with E-state index < -0.39 is 23.1 Å². The molecule has 2 bridgehead atoms. The number of fused-ring (bicyclic) bond motifs is 2. The van der Waals surface area contributed by atoms with Crippen LogP contribution < -0.4 is 10.1 Å². The molecule has 3 heterocycles. The van der Waals surface area contributed by atoms with Gasteiger partial charge in [-0.25, -0.2) is 9.37 Å². The van der Waals surface area contributed by atoms with Gasteiger partial charge in [-0.3, -0.25) is 4.79 Å². The molecule has 2 aliphatic heterocycles. The molecular weight excluding hydrogens is 390 g/mol. The van der Waals surface area contributed by atoms with E-state index in [1.54, 1.807) is 17.0 Å².